The van der Waals surface area contributed by atoms with Crippen molar-refractivity contribution in [2.45, 2.75) is 38.4 Å². The maximum Gasteiger partial charge on any atom is 0.347 e. The van der Waals surface area contributed by atoms with Crippen LogP contribution in [0, 0.1) is 0 Å². The molecule has 0 spiro atoms. The molecule has 0 saturated carbocycles. The molecule has 4 N–H and O–H groups in total. The lowest BCUT2D eigenvalue weighted by Gasteiger charge is -2.38. The highest BCUT2D eigenvalue weighted by Crippen LogP contribution is 2.38. The van der Waals surface area contributed by atoms with Crippen LogP contribution in [0.15, 0.2) is 90.0 Å². The van der Waals surface area contributed by atoms with E-state index in [0.29, 0.717) is 32.0 Å². The van der Waals surface area contributed by atoms with Crippen LogP contribution in [0.5, 0.6) is 5.75 Å². The molecule has 46 heavy (non-hydrogen) atoms. The zero-order valence-electron chi connectivity index (χ0n) is 25.0. The quantitative estimate of drug-likeness (QED) is 0.0864. The van der Waals surface area contributed by atoms with Gasteiger partial charge in [0.2, 0.25) is 5.91 Å². The van der Waals surface area contributed by atoms with E-state index in [4.69, 9.17) is 23.2 Å². The Morgan fingerprint density at radius 1 is 0.978 bits per heavy atom. The summed E-state index contributed by atoms with van der Waals surface area (Å²) in [6.07, 6.45) is 0.534. The van der Waals surface area contributed by atoms with Crippen LogP contribution in [0.3, 0.4) is 0 Å². The van der Waals surface area contributed by atoms with Crippen LogP contribution >= 0.6 is 23.2 Å². The molecular formula is C33H32Cl2N6O5. The van der Waals surface area contributed by atoms with E-state index in [1.807, 2.05) is 24.3 Å². The fourth-order valence-electron chi connectivity index (χ4n) is 5.45. The zero-order chi connectivity index (χ0) is 33.0. The summed E-state index contributed by atoms with van der Waals surface area (Å²) in [5.74, 6) is -0.358. The summed E-state index contributed by atoms with van der Waals surface area (Å²) < 4.78 is 0. The van der Waals surface area contributed by atoms with Crippen molar-refractivity contribution in [2.24, 2.45) is 5.10 Å². The van der Waals surface area contributed by atoms with Crippen LogP contribution in [0.25, 0.3) is 10.8 Å². The molecule has 4 aromatic rings. The first kappa shape index (κ1) is 32.6. The molecule has 5 rings (SSSR count). The SMILES string of the molecule is CC1(C)[C@H](N(O)C(=O)Nc2ccc(Cl)cc2)N(c2ccc(Cl)cc2)C(=O)N1CCCC(=O)N/N=C/c1c(O)ccc2ccccc12. The van der Waals surface area contributed by atoms with Crippen LogP contribution < -0.4 is 15.6 Å². The number of fused-ring (bicyclic) bond motifs is 1. The lowest BCUT2D eigenvalue weighted by molar-refractivity contribution is -0.121. The third kappa shape index (κ3) is 6.86. The van der Waals surface area contributed by atoms with Crippen LogP contribution in [-0.4, -0.2) is 62.7 Å². The molecule has 1 heterocycles. The van der Waals surface area contributed by atoms with Gasteiger partial charge in [-0.2, -0.15) is 10.2 Å². The molecule has 0 radical (unpaired) electrons. The minimum Gasteiger partial charge on any atom is -0.507 e. The Labute approximate surface area is 275 Å². The number of amides is 5. The van der Waals surface area contributed by atoms with E-state index in [9.17, 15) is 24.7 Å². The van der Waals surface area contributed by atoms with Gasteiger partial charge in [-0.15, -0.1) is 0 Å². The number of anilines is 2. The number of nitrogens with one attached hydrogen (secondary N) is 2. The average Bonchev–Trinajstić information content (AvgIpc) is 3.23. The topological polar surface area (TPSA) is 138 Å². The van der Waals surface area contributed by atoms with Gasteiger partial charge in [0, 0.05) is 39.9 Å². The molecule has 1 aliphatic rings. The molecule has 1 atom stereocenters. The number of carbonyl (C=O) groups is 3. The highest BCUT2D eigenvalue weighted by atomic mass is 35.5. The maximum absolute atomic E-state index is 13.9. The molecule has 11 nitrogen and oxygen atoms in total. The van der Waals surface area contributed by atoms with E-state index in [0.717, 1.165) is 10.8 Å². The number of carbonyl (C=O) groups excluding carboxylic acids is 3. The van der Waals surface area contributed by atoms with Gasteiger partial charge in [0.05, 0.1) is 11.8 Å². The fourth-order valence-corrected chi connectivity index (χ4v) is 5.70. The number of phenolic OH excluding ortho intramolecular Hbond substituents is 1. The highest BCUT2D eigenvalue weighted by Gasteiger charge is 2.55. The van der Waals surface area contributed by atoms with Crippen molar-refractivity contribution >= 4 is 69.5 Å². The van der Waals surface area contributed by atoms with E-state index in [-0.39, 0.29) is 25.1 Å². The predicted molar refractivity (Wildman–Crippen MR) is 179 cm³/mol. The summed E-state index contributed by atoms with van der Waals surface area (Å²) in [7, 11) is 0. The van der Waals surface area contributed by atoms with Crippen molar-refractivity contribution in [3.8, 4) is 5.75 Å². The molecule has 0 aliphatic carbocycles. The van der Waals surface area contributed by atoms with Gasteiger partial charge in [-0.1, -0.05) is 53.5 Å². The molecular weight excluding hydrogens is 631 g/mol. The Kier molecular flexibility index (Phi) is 9.66. The first-order valence-corrected chi connectivity index (χ1v) is 15.2. The van der Waals surface area contributed by atoms with Crippen molar-refractivity contribution in [3.63, 3.8) is 0 Å². The number of rotatable bonds is 9. The number of hydroxylamine groups is 2. The van der Waals surface area contributed by atoms with Crippen LogP contribution in [0.1, 0.15) is 32.3 Å². The van der Waals surface area contributed by atoms with Crippen LogP contribution in [0.4, 0.5) is 21.0 Å². The largest absolute Gasteiger partial charge is 0.507 e. The Bertz CT molecular complexity index is 1780. The smallest absolute Gasteiger partial charge is 0.347 e. The standard InChI is InChI=1S/C33H32Cl2N6O5/c1-33(2)30(41(46)31(44)37-24-14-10-22(34)11-15-24)40(25-16-12-23(35)13-17-25)32(45)39(33)19-5-8-29(43)38-36-20-27-26-7-4-3-6-21(26)9-18-28(27)42/h3-4,6-7,9-18,20,30,42,46H,5,8,19H2,1-2H3,(H,37,44)(H,38,43)/b36-20+/t30-/m0/s1. The van der Waals surface area contributed by atoms with Gasteiger partial charge in [-0.05, 0) is 85.6 Å². The second-order valence-electron chi connectivity index (χ2n) is 11.2. The van der Waals surface area contributed by atoms with Crippen LogP contribution in [-0.2, 0) is 4.79 Å². The number of nitrogens with zero attached hydrogens (tertiary/aromatic N) is 4. The number of benzene rings is 4. The van der Waals surface area contributed by atoms with E-state index in [1.165, 1.54) is 16.0 Å². The number of aromatic hydroxyl groups is 1. The molecule has 238 valence electrons. The van der Waals surface area contributed by atoms with Gasteiger partial charge < -0.3 is 15.3 Å². The Hall–Kier alpha value is -4.84. The molecule has 1 fully saturated rings. The molecule has 13 heteroatoms. The van der Waals surface area contributed by atoms with E-state index in [2.05, 4.69) is 15.8 Å². The Morgan fingerprint density at radius 2 is 1.63 bits per heavy atom. The van der Waals surface area contributed by atoms with Gasteiger partial charge >= 0.3 is 12.1 Å². The van der Waals surface area contributed by atoms with E-state index < -0.39 is 29.7 Å². The number of halogens is 2. The Balaban J connectivity index is 1.28. The molecule has 4 aromatic carbocycles. The van der Waals surface area contributed by atoms with E-state index >= 15 is 0 Å². The normalized spacial score (nSPS) is 15.8. The highest BCUT2D eigenvalue weighted by molar-refractivity contribution is 6.31. The average molecular weight is 664 g/mol. The summed E-state index contributed by atoms with van der Waals surface area (Å²) in [5, 5.41) is 31.3. The van der Waals surface area contributed by atoms with Gasteiger partial charge in [-0.3, -0.25) is 14.9 Å². The first-order valence-electron chi connectivity index (χ1n) is 14.4. The number of hydrazone groups is 1. The van der Waals surface area contributed by atoms with E-state index in [1.54, 1.807) is 74.5 Å². The lowest BCUT2D eigenvalue weighted by Crippen LogP contribution is -2.58. The fraction of sp³-hybridized carbons (Fsp3) is 0.212. The molecule has 0 bridgehead atoms. The Morgan fingerprint density at radius 3 is 2.33 bits per heavy atom. The minimum absolute atomic E-state index is 0.0320. The summed E-state index contributed by atoms with van der Waals surface area (Å²) >= 11 is 12.0. The van der Waals surface area contributed by atoms with Crippen molar-refractivity contribution < 1.29 is 24.7 Å². The van der Waals surface area contributed by atoms with Gasteiger partial charge in [-0.25, -0.2) is 15.0 Å². The molecule has 5 amide bonds. The monoisotopic (exact) mass is 662 g/mol. The van der Waals surface area contributed by atoms with Crippen molar-refractivity contribution in [1.29, 1.82) is 0 Å². The summed E-state index contributed by atoms with van der Waals surface area (Å²) in [5.41, 5.74) is 2.65. The van der Waals surface area contributed by atoms with Crippen molar-refractivity contribution in [1.82, 2.24) is 15.4 Å². The second-order valence-corrected chi connectivity index (χ2v) is 12.1. The second kappa shape index (κ2) is 13.7. The number of hydrogen-bond donors (Lipinski definition) is 4. The van der Waals surface area contributed by atoms with Crippen LogP contribution in [0.2, 0.25) is 10.0 Å². The summed E-state index contributed by atoms with van der Waals surface area (Å²) in [6, 6.07) is 22.3. The maximum atomic E-state index is 13.9. The lowest BCUT2D eigenvalue weighted by atomic mass is 9.99. The first-order chi connectivity index (χ1) is 22.0. The number of phenols is 1. The molecule has 0 unspecified atom stereocenters. The summed E-state index contributed by atoms with van der Waals surface area (Å²) in [6.45, 7) is 3.59. The number of hydrogen-bond acceptors (Lipinski definition) is 6. The number of urea groups is 2. The molecule has 0 aromatic heterocycles. The van der Waals surface area contributed by atoms with Crippen molar-refractivity contribution in [3.05, 3.63) is 101 Å². The molecule has 1 saturated heterocycles. The molecule has 1 aliphatic heterocycles. The zero-order valence-corrected chi connectivity index (χ0v) is 26.5. The third-order valence-electron chi connectivity index (χ3n) is 7.77. The van der Waals surface area contributed by atoms with Gasteiger partial charge in [0.25, 0.3) is 0 Å². The van der Waals surface area contributed by atoms with Gasteiger partial charge in [0.15, 0.2) is 6.17 Å². The minimum atomic E-state index is -1.15. The summed E-state index contributed by atoms with van der Waals surface area (Å²) in [4.78, 5) is 42.5. The third-order valence-corrected chi connectivity index (χ3v) is 8.27. The van der Waals surface area contributed by atoms with Gasteiger partial charge in [0.1, 0.15) is 5.75 Å². The predicted octanol–water partition coefficient (Wildman–Crippen LogP) is 7.05. The van der Waals surface area contributed by atoms with Crippen molar-refractivity contribution in [2.75, 3.05) is 16.8 Å².